The Labute approximate surface area is 140 Å². The minimum Gasteiger partial charge on any atom is -0.367 e. The van der Waals surface area contributed by atoms with Crippen LogP contribution in [0, 0.1) is 0 Å². The lowest BCUT2D eigenvalue weighted by atomic mass is 10.1. The molecule has 4 atom stereocenters. The lowest BCUT2D eigenvalue weighted by Crippen LogP contribution is -2.40. The van der Waals surface area contributed by atoms with E-state index in [2.05, 4.69) is 0 Å². The molecule has 2 aliphatic heterocycles. The number of carbonyl (C=O) groups excluding carboxylic acids is 1. The Morgan fingerprint density at radius 2 is 2.04 bits per heavy atom. The molecule has 2 aliphatic rings. The van der Waals surface area contributed by atoms with Crippen LogP contribution in [0.5, 0.6) is 0 Å². The molecule has 0 bridgehead atoms. The summed E-state index contributed by atoms with van der Waals surface area (Å²) in [7, 11) is 0. The number of ketones is 1. The van der Waals surface area contributed by atoms with Crippen LogP contribution in [0.15, 0.2) is 24.3 Å². The maximum absolute atomic E-state index is 12.2. The van der Waals surface area contributed by atoms with Gasteiger partial charge < -0.3 is 18.9 Å². The number of hydrogen-bond donors (Lipinski definition) is 0. The van der Waals surface area contributed by atoms with Gasteiger partial charge in [0.2, 0.25) is 0 Å². The van der Waals surface area contributed by atoms with E-state index >= 15 is 0 Å². The predicted octanol–water partition coefficient (Wildman–Crippen LogP) is 3.08. The second kappa shape index (κ2) is 6.49. The van der Waals surface area contributed by atoms with Crippen LogP contribution in [0.3, 0.4) is 0 Å². The number of halogens is 1. The molecule has 3 rings (SSSR count). The van der Waals surface area contributed by atoms with Crippen molar-refractivity contribution in [1.82, 2.24) is 0 Å². The molecule has 0 spiro atoms. The smallest absolute Gasteiger partial charge is 0.190 e. The zero-order valence-electron chi connectivity index (χ0n) is 13.5. The summed E-state index contributed by atoms with van der Waals surface area (Å²) < 4.78 is 23.3. The van der Waals surface area contributed by atoms with Gasteiger partial charge in [-0.3, -0.25) is 4.79 Å². The van der Waals surface area contributed by atoms with Crippen LogP contribution in [0.2, 0.25) is 5.02 Å². The fraction of sp³-hybridized carbons (Fsp3) is 0.588. The molecule has 2 heterocycles. The highest BCUT2D eigenvalue weighted by Crippen LogP contribution is 2.39. The summed E-state index contributed by atoms with van der Waals surface area (Å²) in [5.74, 6) is -0.768. The molecule has 0 saturated carbocycles. The topological polar surface area (TPSA) is 54.0 Å². The number of Topliss-reactive ketones (excluding diaryl/α,β-unsaturated/α-hetero) is 1. The van der Waals surface area contributed by atoms with Crippen molar-refractivity contribution >= 4 is 17.4 Å². The van der Waals surface area contributed by atoms with Gasteiger partial charge in [0.05, 0.1) is 6.61 Å². The molecule has 0 N–H and O–H groups in total. The summed E-state index contributed by atoms with van der Waals surface area (Å²) >= 11 is 6.16. The highest BCUT2D eigenvalue weighted by molar-refractivity contribution is 6.31. The van der Waals surface area contributed by atoms with Crippen LogP contribution in [0.4, 0.5) is 0 Å². The fourth-order valence-corrected chi connectivity index (χ4v) is 3.11. The minimum atomic E-state index is -0.748. The Bertz CT molecular complexity index is 588. The maximum Gasteiger partial charge on any atom is 0.190 e. The molecule has 0 aromatic heterocycles. The first kappa shape index (κ1) is 16.9. The Kier molecular flexibility index (Phi) is 4.76. The molecule has 1 aromatic rings. The van der Waals surface area contributed by atoms with E-state index in [9.17, 15) is 4.79 Å². The lowest BCUT2D eigenvalue weighted by Gasteiger charge is -2.25. The third-order valence-corrected chi connectivity index (χ3v) is 4.41. The predicted molar refractivity (Wildman–Crippen MR) is 84.0 cm³/mol. The Morgan fingerprint density at radius 3 is 2.74 bits per heavy atom. The molecule has 2 fully saturated rings. The molecule has 0 radical (unpaired) electrons. The molecule has 2 saturated heterocycles. The van der Waals surface area contributed by atoms with Gasteiger partial charge in [-0.05, 0) is 25.5 Å². The van der Waals surface area contributed by atoms with E-state index in [-0.39, 0.29) is 12.4 Å². The highest BCUT2D eigenvalue weighted by Gasteiger charge is 2.56. The first-order valence-corrected chi connectivity index (χ1v) is 8.18. The van der Waals surface area contributed by atoms with Gasteiger partial charge in [0.25, 0.3) is 0 Å². The van der Waals surface area contributed by atoms with Crippen molar-refractivity contribution in [2.45, 2.75) is 64.2 Å². The molecule has 126 valence electrons. The largest absolute Gasteiger partial charge is 0.367 e. The number of fused-ring (bicyclic) bond motifs is 1. The average molecular weight is 341 g/mol. The van der Waals surface area contributed by atoms with Crippen molar-refractivity contribution in [2.24, 2.45) is 0 Å². The Balaban J connectivity index is 1.75. The first-order chi connectivity index (χ1) is 10.9. The first-order valence-electron chi connectivity index (χ1n) is 7.80. The van der Waals surface area contributed by atoms with Gasteiger partial charge in [-0.2, -0.15) is 0 Å². The zero-order chi connectivity index (χ0) is 16.6. The fourth-order valence-electron chi connectivity index (χ4n) is 2.92. The molecule has 0 unspecified atom stereocenters. The van der Waals surface area contributed by atoms with Crippen molar-refractivity contribution < 1.29 is 23.7 Å². The third kappa shape index (κ3) is 3.44. The maximum atomic E-state index is 12.2. The van der Waals surface area contributed by atoms with Crippen molar-refractivity contribution in [3.8, 4) is 0 Å². The quantitative estimate of drug-likeness (QED) is 0.824. The third-order valence-electron chi connectivity index (χ3n) is 4.05. The summed E-state index contributed by atoms with van der Waals surface area (Å²) in [6.07, 6.45) is -1.81. The van der Waals surface area contributed by atoms with Gasteiger partial charge in [-0.1, -0.05) is 36.7 Å². The molecular weight excluding hydrogens is 320 g/mol. The summed E-state index contributed by atoms with van der Waals surface area (Å²) in [6, 6.07) is 7.45. The van der Waals surface area contributed by atoms with Crippen LogP contribution in [-0.2, 0) is 30.3 Å². The second-order valence-electron chi connectivity index (χ2n) is 6.21. The molecule has 6 heteroatoms. The van der Waals surface area contributed by atoms with Gasteiger partial charge in [-0.25, -0.2) is 0 Å². The molecule has 5 nitrogen and oxygen atoms in total. The van der Waals surface area contributed by atoms with Crippen molar-refractivity contribution in [3.05, 3.63) is 34.9 Å². The van der Waals surface area contributed by atoms with E-state index in [0.29, 0.717) is 11.4 Å². The molecule has 1 aromatic carbocycles. The molecule has 23 heavy (non-hydrogen) atoms. The second-order valence-corrected chi connectivity index (χ2v) is 6.62. The van der Waals surface area contributed by atoms with Crippen LogP contribution in [0.25, 0.3) is 0 Å². The van der Waals surface area contributed by atoms with Crippen LogP contribution >= 0.6 is 11.6 Å². The number of rotatable bonds is 5. The highest BCUT2D eigenvalue weighted by atomic mass is 35.5. The van der Waals surface area contributed by atoms with E-state index in [1.165, 1.54) is 0 Å². The SMILES string of the molecule is CCC(=O)[C@H]1O[C@@H]2OC(C)(C)O[C@@H]2[C@H]1OCc1ccccc1Cl. The van der Waals surface area contributed by atoms with Crippen molar-refractivity contribution in [2.75, 3.05) is 0 Å². The Morgan fingerprint density at radius 1 is 1.30 bits per heavy atom. The van der Waals surface area contributed by atoms with Crippen LogP contribution in [0.1, 0.15) is 32.8 Å². The van der Waals surface area contributed by atoms with Gasteiger partial charge in [-0.15, -0.1) is 0 Å². The Hall–Kier alpha value is -0.980. The van der Waals surface area contributed by atoms with Crippen LogP contribution < -0.4 is 0 Å². The van der Waals surface area contributed by atoms with E-state index in [1.807, 2.05) is 32.0 Å². The normalized spacial score (nSPS) is 32.0. The van der Waals surface area contributed by atoms with Gasteiger partial charge >= 0.3 is 0 Å². The standard InChI is InChI=1S/C17H21ClO5/c1-4-12(19)13-14(15-16(21-13)23-17(2,3)22-15)20-9-10-7-5-6-8-11(10)18/h5-8,13-16H,4,9H2,1-3H3/t13-,14+,15-,16-/m1/s1. The van der Waals surface area contributed by atoms with E-state index < -0.39 is 30.4 Å². The van der Waals surface area contributed by atoms with Gasteiger partial charge in [0.1, 0.15) is 18.3 Å². The minimum absolute atomic E-state index is 0.0198. The van der Waals surface area contributed by atoms with E-state index in [4.69, 9.17) is 30.5 Å². The number of hydrogen-bond acceptors (Lipinski definition) is 5. The van der Waals surface area contributed by atoms with Crippen LogP contribution in [-0.4, -0.2) is 36.2 Å². The summed E-state index contributed by atoms with van der Waals surface area (Å²) in [5.41, 5.74) is 0.860. The molecular formula is C17H21ClO5. The molecule has 0 amide bonds. The number of benzene rings is 1. The lowest BCUT2D eigenvalue weighted by molar-refractivity contribution is -0.218. The van der Waals surface area contributed by atoms with Gasteiger partial charge in [0.15, 0.2) is 17.9 Å². The van der Waals surface area contributed by atoms with Gasteiger partial charge in [0, 0.05) is 11.4 Å². The average Bonchev–Trinajstić information content (AvgIpc) is 2.98. The molecule has 0 aliphatic carbocycles. The summed E-state index contributed by atoms with van der Waals surface area (Å²) in [5, 5.41) is 0.630. The number of ether oxygens (including phenoxy) is 4. The summed E-state index contributed by atoms with van der Waals surface area (Å²) in [4.78, 5) is 12.2. The zero-order valence-corrected chi connectivity index (χ0v) is 14.2. The summed E-state index contributed by atoms with van der Waals surface area (Å²) in [6.45, 7) is 5.72. The monoisotopic (exact) mass is 340 g/mol. The van der Waals surface area contributed by atoms with Crippen molar-refractivity contribution in [1.29, 1.82) is 0 Å². The van der Waals surface area contributed by atoms with E-state index in [0.717, 1.165) is 5.56 Å². The van der Waals surface area contributed by atoms with E-state index in [1.54, 1.807) is 13.0 Å². The van der Waals surface area contributed by atoms with Crippen molar-refractivity contribution in [3.63, 3.8) is 0 Å². The number of carbonyl (C=O) groups is 1.